The van der Waals surface area contributed by atoms with E-state index >= 15 is 0 Å². The number of hydrogen-bond acceptors (Lipinski definition) is 3. The van der Waals surface area contributed by atoms with E-state index < -0.39 is 9.84 Å². The fourth-order valence-electron chi connectivity index (χ4n) is 3.06. The van der Waals surface area contributed by atoms with Gasteiger partial charge in [-0.15, -0.1) is 0 Å². The van der Waals surface area contributed by atoms with Crippen molar-refractivity contribution in [2.45, 2.75) is 31.1 Å². The van der Waals surface area contributed by atoms with Gasteiger partial charge in [-0.05, 0) is 55.5 Å². The Hall–Kier alpha value is -2.14. The van der Waals surface area contributed by atoms with Crippen LogP contribution in [0.3, 0.4) is 0 Å². The molecule has 0 atom stereocenters. The van der Waals surface area contributed by atoms with Crippen LogP contribution < -0.4 is 5.32 Å². The van der Waals surface area contributed by atoms with Crippen LogP contribution in [0.2, 0.25) is 0 Å². The van der Waals surface area contributed by atoms with Crippen LogP contribution >= 0.6 is 0 Å². The Balaban J connectivity index is 1.62. The highest BCUT2D eigenvalue weighted by Gasteiger charge is 2.23. The predicted octanol–water partition coefficient (Wildman–Crippen LogP) is 2.69. The number of aryl methyl sites for hydroxylation is 2. The normalized spacial score (nSPS) is 15.5. The molecule has 0 aromatic heterocycles. The molecule has 1 amide bonds. The van der Waals surface area contributed by atoms with Gasteiger partial charge in [-0.25, -0.2) is 8.42 Å². The highest BCUT2D eigenvalue weighted by molar-refractivity contribution is 7.91. The molecule has 3 rings (SSSR count). The van der Waals surface area contributed by atoms with Crippen LogP contribution in [0.15, 0.2) is 47.4 Å². The highest BCUT2D eigenvalue weighted by atomic mass is 32.2. The minimum atomic E-state index is -3.10. The number of benzene rings is 2. The summed E-state index contributed by atoms with van der Waals surface area (Å²) >= 11 is 0. The van der Waals surface area contributed by atoms with E-state index in [-0.39, 0.29) is 11.7 Å². The summed E-state index contributed by atoms with van der Waals surface area (Å²) in [5.41, 5.74) is 3.67. The molecule has 0 bridgehead atoms. The summed E-state index contributed by atoms with van der Waals surface area (Å²) in [7, 11) is -3.10. The second-order valence-corrected chi connectivity index (χ2v) is 8.32. The van der Waals surface area contributed by atoms with Crippen LogP contribution in [0.4, 0.5) is 0 Å². The minimum Gasteiger partial charge on any atom is -0.352 e. The largest absolute Gasteiger partial charge is 0.352 e. The summed E-state index contributed by atoms with van der Waals surface area (Å²) < 4.78 is 24.0. The number of fused-ring (bicyclic) bond motifs is 1. The maximum Gasteiger partial charge on any atom is 0.251 e. The van der Waals surface area contributed by atoms with Gasteiger partial charge in [-0.3, -0.25) is 4.79 Å². The molecule has 0 fully saturated rings. The molecule has 0 unspecified atom stereocenters. The molecular formula is C19H21NO3S. The van der Waals surface area contributed by atoms with Crippen molar-refractivity contribution in [3.63, 3.8) is 0 Å². The van der Waals surface area contributed by atoms with Crippen LogP contribution in [0, 0.1) is 6.92 Å². The van der Waals surface area contributed by atoms with Crippen molar-refractivity contribution < 1.29 is 13.2 Å². The van der Waals surface area contributed by atoms with E-state index in [1.807, 2.05) is 37.3 Å². The molecule has 0 saturated heterocycles. The van der Waals surface area contributed by atoms with Gasteiger partial charge in [0.25, 0.3) is 5.91 Å². The van der Waals surface area contributed by atoms with Crippen molar-refractivity contribution in [1.29, 1.82) is 0 Å². The summed E-state index contributed by atoms with van der Waals surface area (Å²) in [6.45, 7) is 2.48. The fraction of sp³-hybridized carbons (Fsp3) is 0.316. The molecule has 1 aliphatic rings. The van der Waals surface area contributed by atoms with Gasteiger partial charge in [-0.1, -0.05) is 29.8 Å². The lowest BCUT2D eigenvalue weighted by Gasteiger charge is -2.17. The van der Waals surface area contributed by atoms with Gasteiger partial charge >= 0.3 is 0 Å². The Morgan fingerprint density at radius 2 is 2.00 bits per heavy atom. The highest BCUT2D eigenvalue weighted by Crippen LogP contribution is 2.25. The quantitative estimate of drug-likeness (QED) is 0.928. The van der Waals surface area contributed by atoms with Crippen LogP contribution in [0.1, 0.15) is 33.5 Å². The smallest absolute Gasteiger partial charge is 0.251 e. The maximum absolute atomic E-state index is 12.1. The van der Waals surface area contributed by atoms with Gasteiger partial charge in [0.05, 0.1) is 10.6 Å². The predicted molar refractivity (Wildman–Crippen MR) is 94.0 cm³/mol. The van der Waals surface area contributed by atoms with Crippen LogP contribution in [0.5, 0.6) is 0 Å². The third-order valence-electron chi connectivity index (χ3n) is 4.30. The zero-order valence-corrected chi connectivity index (χ0v) is 14.5. The molecule has 126 valence electrons. The molecule has 0 aliphatic carbocycles. The summed E-state index contributed by atoms with van der Waals surface area (Å²) in [6, 6.07) is 13.0. The summed E-state index contributed by atoms with van der Waals surface area (Å²) in [5.74, 6) is 0.158. The Labute approximate surface area is 142 Å². The second kappa shape index (κ2) is 6.77. The Morgan fingerprint density at radius 1 is 1.17 bits per heavy atom. The Bertz CT molecular complexity index is 872. The number of nitrogens with one attached hydrogen (secondary N) is 1. The van der Waals surface area contributed by atoms with E-state index in [2.05, 4.69) is 5.32 Å². The minimum absolute atomic E-state index is 0.0840. The molecule has 2 aromatic rings. The molecule has 2 aromatic carbocycles. The first-order valence-electron chi connectivity index (χ1n) is 8.15. The summed E-state index contributed by atoms with van der Waals surface area (Å²) in [4.78, 5) is 12.6. The number of carbonyl (C=O) groups excluding carboxylic acids is 1. The maximum atomic E-state index is 12.1. The second-order valence-electron chi connectivity index (χ2n) is 6.24. The molecule has 1 aliphatic heterocycles. The Morgan fingerprint density at radius 3 is 2.79 bits per heavy atom. The van der Waals surface area contributed by atoms with E-state index in [0.717, 1.165) is 23.1 Å². The fourth-order valence-corrected chi connectivity index (χ4v) is 4.64. The lowest BCUT2D eigenvalue weighted by molar-refractivity contribution is 0.0954. The number of hydrogen-bond donors (Lipinski definition) is 1. The molecule has 4 nitrogen and oxygen atoms in total. The average Bonchev–Trinajstić information content (AvgIpc) is 2.54. The van der Waals surface area contributed by atoms with Crippen molar-refractivity contribution >= 4 is 15.7 Å². The summed E-state index contributed by atoms with van der Waals surface area (Å²) in [5, 5.41) is 2.91. The van der Waals surface area contributed by atoms with E-state index in [1.54, 1.807) is 12.1 Å². The van der Waals surface area contributed by atoms with E-state index in [4.69, 9.17) is 0 Å². The van der Waals surface area contributed by atoms with Gasteiger partial charge < -0.3 is 5.32 Å². The third kappa shape index (κ3) is 3.67. The molecular weight excluding hydrogens is 322 g/mol. The van der Waals surface area contributed by atoms with E-state index in [9.17, 15) is 13.2 Å². The molecule has 5 heteroatoms. The molecule has 24 heavy (non-hydrogen) atoms. The number of sulfone groups is 1. The molecule has 0 saturated carbocycles. The topological polar surface area (TPSA) is 63.2 Å². The zero-order valence-electron chi connectivity index (χ0n) is 13.7. The zero-order chi connectivity index (χ0) is 17.2. The van der Waals surface area contributed by atoms with Crippen LogP contribution in [-0.4, -0.2) is 26.6 Å². The summed E-state index contributed by atoms with van der Waals surface area (Å²) in [6.07, 6.45) is 2.17. The van der Waals surface area contributed by atoms with Crippen molar-refractivity contribution in [1.82, 2.24) is 5.32 Å². The van der Waals surface area contributed by atoms with Crippen LogP contribution in [0.25, 0.3) is 0 Å². The first-order chi connectivity index (χ1) is 11.5. The molecule has 0 spiro atoms. The van der Waals surface area contributed by atoms with E-state index in [0.29, 0.717) is 29.8 Å². The number of amides is 1. The van der Waals surface area contributed by atoms with Gasteiger partial charge in [0.2, 0.25) is 0 Å². The van der Waals surface area contributed by atoms with Crippen molar-refractivity contribution in [2.75, 3.05) is 12.3 Å². The lowest BCUT2D eigenvalue weighted by atomic mass is 10.0. The van der Waals surface area contributed by atoms with Gasteiger partial charge in [0, 0.05) is 12.1 Å². The third-order valence-corrected chi connectivity index (χ3v) is 6.19. The van der Waals surface area contributed by atoms with Crippen molar-refractivity contribution in [3.05, 3.63) is 64.7 Å². The molecule has 1 N–H and O–H groups in total. The number of carbonyl (C=O) groups is 1. The SMILES string of the molecule is Cc1cccc(C(=O)NCCc2ccc3c(c2)CCCS3(=O)=O)c1. The van der Waals surface area contributed by atoms with Crippen molar-refractivity contribution in [2.24, 2.45) is 0 Å². The molecule has 0 radical (unpaired) electrons. The van der Waals surface area contributed by atoms with Gasteiger partial charge in [0.1, 0.15) is 0 Å². The Kier molecular flexibility index (Phi) is 4.71. The number of rotatable bonds is 4. The van der Waals surface area contributed by atoms with Crippen molar-refractivity contribution in [3.8, 4) is 0 Å². The van der Waals surface area contributed by atoms with Crippen LogP contribution in [-0.2, 0) is 22.7 Å². The van der Waals surface area contributed by atoms with Gasteiger partial charge in [0.15, 0.2) is 9.84 Å². The monoisotopic (exact) mass is 343 g/mol. The van der Waals surface area contributed by atoms with Gasteiger partial charge in [-0.2, -0.15) is 0 Å². The molecule has 1 heterocycles. The first kappa shape index (κ1) is 16.7. The van der Waals surface area contributed by atoms with E-state index in [1.165, 1.54) is 0 Å². The lowest BCUT2D eigenvalue weighted by Crippen LogP contribution is -2.25. The average molecular weight is 343 g/mol. The first-order valence-corrected chi connectivity index (χ1v) is 9.80. The standard InChI is InChI=1S/C19H21NO3S/c1-14-4-2-5-17(12-14)19(21)20-10-9-15-7-8-18-16(13-15)6-3-11-24(18,22)23/h2,4-5,7-8,12-13H,3,6,9-11H2,1H3,(H,20,21).